The summed E-state index contributed by atoms with van der Waals surface area (Å²) in [4.78, 5) is 28.4. The van der Waals surface area contributed by atoms with Crippen molar-refractivity contribution in [1.29, 1.82) is 0 Å². The van der Waals surface area contributed by atoms with E-state index in [4.69, 9.17) is 0 Å². The summed E-state index contributed by atoms with van der Waals surface area (Å²) < 4.78 is 0. The summed E-state index contributed by atoms with van der Waals surface area (Å²) in [5.41, 5.74) is 1.68. The molecule has 6 heteroatoms. The molecular weight excluding hydrogens is 304 g/mol. The van der Waals surface area contributed by atoms with Gasteiger partial charge in [-0.15, -0.1) is 0 Å². The number of nitrogens with zero attached hydrogens (tertiary/aromatic N) is 2. The van der Waals surface area contributed by atoms with Crippen molar-refractivity contribution in [1.82, 2.24) is 20.4 Å². The lowest BCUT2D eigenvalue weighted by molar-refractivity contribution is 0.0643. The van der Waals surface area contributed by atoms with E-state index in [1.165, 1.54) is 0 Å². The van der Waals surface area contributed by atoms with Gasteiger partial charge in [0.25, 0.3) is 5.91 Å². The molecule has 0 atom stereocenters. The van der Waals surface area contributed by atoms with Gasteiger partial charge in [-0.05, 0) is 38.1 Å². The molecule has 1 fully saturated rings. The number of benzene rings is 1. The maximum absolute atomic E-state index is 12.5. The van der Waals surface area contributed by atoms with Gasteiger partial charge in [0.1, 0.15) is 0 Å². The molecule has 6 nitrogen and oxygen atoms in total. The van der Waals surface area contributed by atoms with Gasteiger partial charge in [0.15, 0.2) is 0 Å². The third-order valence-electron chi connectivity index (χ3n) is 4.18. The van der Waals surface area contributed by atoms with Crippen LogP contribution in [0.5, 0.6) is 0 Å². The van der Waals surface area contributed by atoms with Gasteiger partial charge in [0, 0.05) is 44.3 Å². The smallest absolute Gasteiger partial charge is 0.315 e. The molecule has 0 saturated carbocycles. The van der Waals surface area contributed by atoms with E-state index >= 15 is 0 Å². The number of piperazine rings is 1. The number of hydrogen-bond donors (Lipinski definition) is 2. The normalized spacial score (nSPS) is 15.4. The molecule has 1 aliphatic rings. The SMILES string of the molecule is CCN1CCN(C(=O)c2ccc(CNC(=O)NC(C)C)cc2)CC1. The Morgan fingerprint density at radius 1 is 1.08 bits per heavy atom. The molecule has 0 bridgehead atoms. The quantitative estimate of drug-likeness (QED) is 0.862. The highest BCUT2D eigenvalue weighted by Crippen LogP contribution is 2.10. The average Bonchev–Trinajstić information content (AvgIpc) is 2.59. The lowest BCUT2D eigenvalue weighted by Gasteiger charge is -2.34. The first-order chi connectivity index (χ1) is 11.5. The summed E-state index contributed by atoms with van der Waals surface area (Å²) >= 11 is 0. The van der Waals surface area contributed by atoms with E-state index in [-0.39, 0.29) is 18.0 Å². The van der Waals surface area contributed by atoms with Crippen LogP contribution in [0.15, 0.2) is 24.3 Å². The number of carbonyl (C=O) groups is 2. The number of hydrogen-bond acceptors (Lipinski definition) is 3. The van der Waals surface area contributed by atoms with Gasteiger partial charge in [-0.2, -0.15) is 0 Å². The molecule has 24 heavy (non-hydrogen) atoms. The van der Waals surface area contributed by atoms with Gasteiger partial charge >= 0.3 is 6.03 Å². The van der Waals surface area contributed by atoms with E-state index in [2.05, 4.69) is 22.5 Å². The van der Waals surface area contributed by atoms with E-state index in [0.29, 0.717) is 12.1 Å². The molecule has 0 aromatic heterocycles. The van der Waals surface area contributed by atoms with Crippen molar-refractivity contribution in [2.45, 2.75) is 33.4 Å². The number of carbonyl (C=O) groups excluding carboxylic acids is 2. The fourth-order valence-electron chi connectivity index (χ4n) is 2.71. The Morgan fingerprint density at radius 3 is 2.25 bits per heavy atom. The van der Waals surface area contributed by atoms with Gasteiger partial charge in [0.05, 0.1) is 0 Å². The Hall–Kier alpha value is -2.08. The van der Waals surface area contributed by atoms with Crippen LogP contribution in [0.25, 0.3) is 0 Å². The molecule has 0 aliphatic carbocycles. The fraction of sp³-hybridized carbons (Fsp3) is 0.556. The molecule has 132 valence electrons. The monoisotopic (exact) mass is 332 g/mol. The number of likely N-dealkylation sites (N-methyl/N-ethyl adjacent to an activating group) is 1. The Bertz CT molecular complexity index is 549. The van der Waals surface area contributed by atoms with Crippen molar-refractivity contribution < 1.29 is 9.59 Å². The Balaban J connectivity index is 1.85. The predicted octanol–water partition coefficient (Wildman–Crippen LogP) is 1.67. The van der Waals surface area contributed by atoms with Gasteiger partial charge in [-0.3, -0.25) is 4.79 Å². The van der Waals surface area contributed by atoms with Crippen LogP contribution in [-0.4, -0.2) is 60.5 Å². The van der Waals surface area contributed by atoms with E-state index in [9.17, 15) is 9.59 Å². The third kappa shape index (κ3) is 5.23. The van der Waals surface area contributed by atoms with Crippen LogP contribution in [0.2, 0.25) is 0 Å². The number of urea groups is 1. The van der Waals surface area contributed by atoms with Gasteiger partial charge in [-0.1, -0.05) is 19.1 Å². The Kier molecular flexibility index (Phi) is 6.61. The van der Waals surface area contributed by atoms with Crippen LogP contribution in [-0.2, 0) is 6.54 Å². The van der Waals surface area contributed by atoms with Crippen LogP contribution >= 0.6 is 0 Å². The number of rotatable bonds is 5. The predicted molar refractivity (Wildman–Crippen MR) is 95.0 cm³/mol. The Labute approximate surface area is 144 Å². The summed E-state index contributed by atoms with van der Waals surface area (Å²) in [6, 6.07) is 7.39. The first-order valence-electron chi connectivity index (χ1n) is 8.64. The van der Waals surface area contributed by atoms with Gasteiger partial charge < -0.3 is 20.4 Å². The van der Waals surface area contributed by atoms with Crippen molar-refractivity contribution in [2.75, 3.05) is 32.7 Å². The molecule has 1 aliphatic heterocycles. The second-order valence-corrected chi connectivity index (χ2v) is 6.41. The molecule has 0 unspecified atom stereocenters. The molecular formula is C18H28N4O2. The topological polar surface area (TPSA) is 64.7 Å². The van der Waals surface area contributed by atoms with Crippen LogP contribution in [0.1, 0.15) is 36.7 Å². The van der Waals surface area contributed by atoms with Gasteiger partial charge in [-0.25, -0.2) is 4.79 Å². The molecule has 1 aromatic rings. The summed E-state index contributed by atoms with van der Waals surface area (Å²) in [5, 5.41) is 5.58. The zero-order chi connectivity index (χ0) is 17.5. The lowest BCUT2D eigenvalue weighted by atomic mass is 10.1. The van der Waals surface area contributed by atoms with Crippen molar-refractivity contribution in [3.8, 4) is 0 Å². The molecule has 1 saturated heterocycles. The maximum Gasteiger partial charge on any atom is 0.315 e. The van der Waals surface area contributed by atoms with Crippen LogP contribution in [0.3, 0.4) is 0 Å². The molecule has 1 aromatic carbocycles. The standard InChI is InChI=1S/C18H28N4O2/c1-4-21-9-11-22(12-10-21)17(23)16-7-5-15(6-8-16)13-19-18(24)20-14(2)3/h5-8,14H,4,9-13H2,1-3H3,(H2,19,20,24). The van der Waals surface area contributed by atoms with Crippen molar-refractivity contribution in [3.05, 3.63) is 35.4 Å². The average molecular weight is 332 g/mol. The third-order valence-corrected chi connectivity index (χ3v) is 4.18. The Morgan fingerprint density at radius 2 is 1.71 bits per heavy atom. The van der Waals surface area contributed by atoms with Gasteiger partial charge in [0.2, 0.25) is 0 Å². The molecule has 0 radical (unpaired) electrons. The van der Waals surface area contributed by atoms with Crippen LogP contribution in [0, 0.1) is 0 Å². The molecule has 2 N–H and O–H groups in total. The van der Waals surface area contributed by atoms with E-state index in [0.717, 1.165) is 38.3 Å². The zero-order valence-electron chi connectivity index (χ0n) is 14.8. The largest absolute Gasteiger partial charge is 0.336 e. The fourth-order valence-corrected chi connectivity index (χ4v) is 2.71. The minimum atomic E-state index is -0.182. The first-order valence-corrected chi connectivity index (χ1v) is 8.64. The summed E-state index contributed by atoms with van der Waals surface area (Å²) in [7, 11) is 0. The lowest BCUT2D eigenvalue weighted by Crippen LogP contribution is -2.48. The minimum Gasteiger partial charge on any atom is -0.336 e. The summed E-state index contributed by atoms with van der Waals surface area (Å²) in [6.45, 7) is 10.9. The van der Waals surface area contributed by atoms with E-state index in [1.54, 1.807) is 0 Å². The molecule has 1 heterocycles. The molecule has 2 rings (SSSR count). The summed E-state index contributed by atoms with van der Waals surface area (Å²) in [5.74, 6) is 0.0859. The molecule has 0 spiro atoms. The van der Waals surface area contributed by atoms with E-state index in [1.807, 2.05) is 43.0 Å². The number of nitrogens with one attached hydrogen (secondary N) is 2. The first kappa shape index (κ1) is 18.3. The van der Waals surface area contributed by atoms with Crippen molar-refractivity contribution in [3.63, 3.8) is 0 Å². The highest BCUT2D eigenvalue weighted by Gasteiger charge is 2.21. The second kappa shape index (κ2) is 8.68. The highest BCUT2D eigenvalue weighted by atomic mass is 16.2. The van der Waals surface area contributed by atoms with Crippen molar-refractivity contribution >= 4 is 11.9 Å². The van der Waals surface area contributed by atoms with Crippen LogP contribution in [0.4, 0.5) is 4.79 Å². The van der Waals surface area contributed by atoms with Crippen molar-refractivity contribution in [2.24, 2.45) is 0 Å². The highest BCUT2D eigenvalue weighted by molar-refractivity contribution is 5.94. The maximum atomic E-state index is 12.5. The van der Waals surface area contributed by atoms with Crippen LogP contribution < -0.4 is 10.6 Å². The summed E-state index contributed by atoms with van der Waals surface area (Å²) in [6.07, 6.45) is 0. The second-order valence-electron chi connectivity index (χ2n) is 6.41. The zero-order valence-corrected chi connectivity index (χ0v) is 14.8. The minimum absolute atomic E-state index is 0.0859. The van der Waals surface area contributed by atoms with E-state index < -0.39 is 0 Å². The number of amides is 3. The molecule has 3 amide bonds.